The number of nitrogens with zero attached hydrogens (tertiary/aromatic N) is 4. The molecule has 0 bridgehead atoms. The summed E-state index contributed by atoms with van der Waals surface area (Å²) >= 11 is 0. The number of rotatable bonds is 11. The average Bonchev–Trinajstić information content (AvgIpc) is 3.32. The number of aryl methyl sites for hydroxylation is 3. The summed E-state index contributed by atoms with van der Waals surface area (Å²) in [7, 11) is 0. The molecule has 2 heterocycles. The van der Waals surface area contributed by atoms with E-state index in [1.165, 1.54) is 0 Å². The first-order valence-electron chi connectivity index (χ1n) is 11.9. The molecule has 0 aliphatic carbocycles. The van der Waals surface area contributed by atoms with Crippen LogP contribution in [-0.2, 0) is 22.4 Å². The van der Waals surface area contributed by atoms with Gasteiger partial charge in [-0.05, 0) is 81.5 Å². The number of amides is 1. The van der Waals surface area contributed by atoms with Gasteiger partial charge in [0.15, 0.2) is 0 Å². The number of aliphatic carboxylic acids is 1. The number of aromatic nitrogens is 3. The van der Waals surface area contributed by atoms with Gasteiger partial charge in [0.2, 0.25) is 11.7 Å². The number of hydrogen-bond acceptors (Lipinski definition) is 7. The second-order valence-corrected chi connectivity index (χ2v) is 8.41. The van der Waals surface area contributed by atoms with Gasteiger partial charge in [0, 0.05) is 36.3 Å². The zero-order valence-corrected chi connectivity index (χ0v) is 21.0. The molecule has 0 fully saturated rings. The predicted octanol–water partition coefficient (Wildman–Crippen LogP) is 3.96. The molecule has 0 saturated carbocycles. The number of anilines is 1. The third-order valence-electron chi connectivity index (χ3n) is 5.94. The van der Waals surface area contributed by atoms with Crippen molar-refractivity contribution in [3.8, 4) is 22.8 Å². The third kappa shape index (κ3) is 6.44. The van der Waals surface area contributed by atoms with Gasteiger partial charge in [-0.3, -0.25) is 9.59 Å². The molecule has 2 N–H and O–H groups in total. The van der Waals surface area contributed by atoms with E-state index < -0.39 is 5.97 Å². The maximum absolute atomic E-state index is 12.0. The van der Waals surface area contributed by atoms with Gasteiger partial charge in [0.05, 0.1) is 0 Å². The van der Waals surface area contributed by atoms with E-state index in [9.17, 15) is 9.59 Å². The summed E-state index contributed by atoms with van der Waals surface area (Å²) in [5.41, 5.74) is 5.77. The molecule has 35 heavy (non-hydrogen) atoms. The van der Waals surface area contributed by atoms with Crippen LogP contribution in [0.25, 0.3) is 22.8 Å². The van der Waals surface area contributed by atoms with Gasteiger partial charge in [-0.2, -0.15) is 4.98 Å². The Morgan fingerprint density at radius 3 is 2.43 bits per heavy atom. The lowest BCUT2D eigenvalue weighted by Gasteiger charge is -2.20. The van der Waals surface area contributed by atoms with E-state index in [4.69, 9.17) is 9.63 Å². The van der Waals surface area contributed by atoms with E-state index in [1.54, 1.807) is 0 Å². The van der Waals surface area contributed by atoms with Crippen LogP contribution in [0.3, 0.4) is 0 Å². The van der Waals surface area contributed by atoms with Gasteiger partial charge in [0.25, 0.3) is 5.89 Å². The van der Waals surface area contributed by atoms with Crippen LogP contribution in [0, 0.1) is 13.8 Å². The molecular weight excluding hydrogens is 446 g/mol. The molecule has 3 aromatic rings. The number of benzene rings is 1. The molecule has 0 spiro atoms. The van der Waals surface area contributed by atoms with Crippen molar-refractivity contribution in [1.29, 1.82) is 0 Å². The number of nitrogens with one attached hydrogen (secondary N) is 1. The summed E-state index contributed by atoms with van der Waals surface area (Å²) in [6, 6.07) is 7.94. The van der Waals surface area contributed by atoms with Crippen LogP contribution >= 0.6 is 0 Å². The summed E-state index contributed by atoms with van der Waals surface area (Å²) < 4.78 is 5.62. The zero-order chi connectivity index (χ0) is 25.5. The smallest absolute Gasteiger partial charge is 0.322 e. The molecule has 2 aromatic heterocycles. The lowest BCUT2D eigenvalue weighted by molar-refractivity contribution is -0.137. The first kappa shape index (κ1) is 25.9. The van der Waals surface area contributed by atoms with Crippen LogP contribution in [0.2, 0.25) is 0 Å². The summed E-state index contributed by atoms with van der Waals surface area (Å²) in [5.74, 6) is 0.484. The molecule has 9 nitrogen and oxygen atoms in total. The first-order valence-corrected chi connectivity index (χ1v) is 11.9. The van der Waals surface area contributed by atoms with E-state index in [1.807, 2.05) is 38.1 Å². The van der Waals surface area contributed by atoms with Crippen molar-refractivity contribution in [3.05, 3.63) is 46.6 Å². The quantitative estimate of drug-likeness (QED) is 0.424. The zero-order valence-electron chi connectivity index (χ0n) is 21.0. The number of carbonyl (C=O) groups excluding carboxylic acids is 1. The molecule has 1 amide bonds. The number of carbonyl (C=O) groups is 2. The molecule has 0 unspecified atom stereocenters. The van der Waals surface area contributed by atoms with Gasteiger partial charge in [-0.15, -0.1) is 0 Å². The van der Waals surface area contributed by atoms with Crippen molar-refractivity contribution in [2.24, 2.45) is 0 Å². The van der Waals surface area contributed by atoms with Crippen LogP contribution in [0.1, 0.15) is 49.6 Å². The minimum Gasteiger partial charge on any atom is -0.480 e. The van der Waals surface area contributed by atoms with Crippen LogP contribution in [-0.4, -0.2) is 51.7 Å². The van der Waals surface area contributed by atoms with E-state index in [-0.39, 0.29) is 18.9 Å². The summed E-state index contributed by atoms with van der Waals surface area (Å²) in [6.45, 7) is 11.5. The minimum absolute atomic E-state index is 0.225. The average molecular weight is 480 g/mol. The van der Waals surface area contributed by atoms with Gasteiger partial charge < -0.3 is 19.8 Å². The van der Waals surface area contributed by atoms with Gasteiger partial charge in [-0.25, -0.2) is 4.98 Å². The Bertz CT molecular complexity index is 1200. The fraction of sp³-hybridized carbons (Fsp3) is 0.423. The first-order chi connectivity index (χ1) is 16.7. The van der Waals surface area contributed by atoms with Crippen molar-refractivity contribution in [2.45, 2.75) is 53.9 Å². The summed E-state index contributed by atoms with van der Waals surface area (Å²) in [5, 5.41) is 15.4. The molecule has 0 atom stereocenters. The molecule has 1 aromatic carbocycles. The maximum atomic E-state index is 12.0. The van der Waals surface area contributed by atoms with Crippen LogP contribution < -0.4 is 10.2 Å². The van der Waals surface area contributed by atoms with Crippen molar-refractivity contribution >= 4 is 17.7 Å². The molecule has 0 aliphatic rings. The SMILES string of the molecule is CCc1cc(-c2noc(-c3cc(C)nc(N(CC)CC)c3)n2)cc(C)c1CCC(=O)NCC(=O)O. The van der Waals surface area contributed by atoms with Gasteiger partial charge in [0.1, 0.15) is 12.4 Å². The molecular formula is C26H33N5O4. The Kier molecular flexibility index (Phi) is 8.57. The fourth-order valence-corrected chi connectivity index (χ4v) is 4.14. The summed E-state index contributed by atoms with van der Waals surface area (Å²) in [4.78, 5) is 34.1. The molecule has 9 heteroatoms. The van der Waals surface area contributed by atoms with Crippen LogP contribution in [0.4, 0.5) is 5.82 Å². The highest BCUT2D eigenvalue weighted by Crippen LogP contribution is 2.29. The highest BCUT2D eigenvalue weighted by Gasteiger charge is 2.17. The van der Waals surface area contributed by atoms with Crippen molar-refractivity contribution < 1.29 is 19.2 Å². The standard InChI is InChI=1S/C26H33N5O4/c1-6-18-13-19(11-16(4)21(18)9-10-23(32)27-15-24(33)34)25-29-26(35-30-25)20-12-17(5)28-22(14-20)31(7-2)8-3/h11-14H,6-10,15H2,1-5H3,(H,27,32)(H,33,34). The highest BCUT2D eigenvalue weighted by molar-refractivity contribution is 5.81. The van der Waals surface area contributed by atoms with Crippen LogP contribution in [0.5, 0.6) is 0 Å². The predicted molar refractivity (Wildman–Crippen MR) is 134 cm³/mol. The topological polar surface area (TPSA) is 121 Å². The normalized spacial score (nSPS) is 10.9. The monoisotopic (exact) mass is 479 g/mol. The van der Waals surface area contributed by atoms with E-state index in [0.717, 1.165) is 58.8 Å². The number of carboxylic acids is 1. The Hall–Kier alpha value is -3.75. The molecule has 3 rings (SSSR count). The second-order valence-electron chi connectivity index (χ2n) is 8.41. The lowest BCUT2D eigenvalue weighted by Crippen LogP contribution is -2.29. The molecule has 0 radical (unpaired) electrons. The number of carboxylic acid groups (broad SMARTS) is 1. The minimum atomic E-state index is -1.06. The largest absolute Gasteiger partial charge is 0.480 e. The lowest BCUT2D eigenvalue weighted by atomic mass is 9.93. The second kappa shape index (κ2) is 11.6. The van der Waals surface area contributed by atoms with Crippen molar-refractivity contribution in [1.82, 2.24) is 20.4 Å². The number of pyridine rings is 1. The molecule has 186 valence electrons. The Morgan fingerprint density at radius 1 is 1.03 bits per heavy atom. The fourth-order valence-electron chi connectivity index (χ4n) is 4.14. The Morgan fingerprint density at radius 2 is 1.77 bits per heavy atom. The van der Waals surface area contributed by atoms with Crippen molar-refractivity contribution in [3.63, 3.8) is 0 Å². The third-order valence-corrected chi connectivity index (χ3v) is 5.94. The molecule has 0 aliphatic heterocycles. The number of hydrogen-bond donors (Lipinski definition) is 2. The van der Waals surface area contributed by atoms with Crippen molar-refractivity contribution in [2.75, 3.05) is 24.5 Å². The Labute approximate surface area is 205 Å². The van der Waals surface area contributed by atoms with E-state index in [0.29, 0.717) is 18.1 Å². The van der Waals surface area contributed by atoms with Gasteiger partial charge in [-0.1, -0.05) is 12.1 Å². The Balaban J connectivity index is 1.85. The maximum Gasteiger partial charge on any atom is 0.322 e. The summed E-state index contributed by atoms with van der Waals surface area (Å²) in [6.07, 6.45) is 1.54. The molecule has 0 saturated heterocycles. The van der Waals surface area contributed by atoms with E-state index >= 15 is 0 Å². The van der Waals surface area contributed by atoms with E-state index in [2.05, 4.69) is 46.1 Å². The van der Waals surface area contributed by atoms with Gasteiger partial charge >= 0.3 is 5.97 Å². The highest BCUT2D eigenvalue weighted by atomic mass is 16.5. The van der Waals surface area contributed by atoms with Crippen LogP contribution in [0.15, 0.2) is 28.8 Å².